The van der Waals surface area contributed by atoms with Gasteiger partial charge in [0.25, 0.3) is 0 Å². The molecule has 0 fully saturated rings. The van der Waals surface area contributed by atoms with Crippen molar-refractivity contribution in [3.8, 4) is 11.5 Å². The molecule has 0 aliphatic heterocycles. The Balaban J connectivity index is 1.45. The summed E-state index contributed by atoms with van der Waals surface area (Å²) in [6.45, 7) is 1.10. The number of benzene rings is 2. The van der Waals surface area contributed by atoms with Crippen LogP contribution in [0.2, 0.25) is 0 Å². The van der Waals surface area contributed by atoms with Crippen molar-refractivity contribution in [2.45, 2.75) is 19.4 Å². The fraction of sp³-hybridized carbons (Fsp3) is 0.238. The normalized spacial score (nSPS) is 10.4. The van der Waals surface area contributed by atoms with Gasteiger partial charge in [0.05, 0.1) is 20.3 Å². The Morgan fingerprint density at radius 2 is 1.85 bits per heavy atom. The molecule has 0 aliphatic rings. The summed E-state index contributed by atoms with van der Waals surface area (Å²) in [7, 11) is 1.63. The first kappa shape index (κ1) is 18.5. The van der Waals surface area contributed by atoms with Crippen LogP contribution in [0.5, 0.6) is 11.5 Å². The predicted octanol–water partition coefficient (Wildman–Crippen LogP) is 3.74. The highest BCUT2D eigenvalue weighted by Crippen LogP contribution is 2.18. The van der Waals surface area contributed by atoms with Crippen LogP contribution >= 0.6 is 0 Å². The van der Waals surface area contributed by atoms with Crippen LogP contribution in [0.15, 0.2) is 67.0 Å². The maximum atomic E-state index is 12.3. The highest BCUT2D eigenvalue weighted by atomic mass is 16.5. The third-order valence-electron chi connectivity index (χ3n) is 4.06. The summed E-state index contributed by atoms with van der Waals surface area (Å²) >= 11 is 0. The molecule has 0 spiro atoms. The average molecular weight is 365 g/mol. The number of ether oxygens (including phenoxy) is 2. The molecule has 0 saturated heterocycles. The summed E-state index contributed by atoms with van der Waals surface area (Å²) in [5.41, 5.74) is 1.83. The highest BCUT2D eigenvalue weighted by Gasteiger charge is 2.07. The SMILES string of the molecule is COc1ccc(OCCCC(=O)Nc2ccccc2Cn2cccn2)cc1. The monoisotopic (exact) mass is 365 g/mol. The number of anilines is 1. The van der Waals surface area contributed by atoms with E-state index in [9.17, 15) is 4.79 Å². The van der Waals surface area contributed by atoms with Crippen LogP contribution in [-0.2, 0) is 11.3 Å². The number of carbonyl (C=O) groups is 1. The van der Waals surface area contributed by atoms with Gasteiger partial charge in [-0.2, -0.15) is 5.10 Å². The molecule has 1 aromatic heterocycles. The lowest BCUT2D eigenvalue weighted by molar-refractivity contribution is -0.116. The minimum atomic E-state index is -0.0266. The van der Waals surface area contributed by atoms with Crippen molar-refractivity contribution < 1.29 is 14.3 Å². The minimum Gasteiger partial charge on any atom is -0.497 e. The molecule has 0 atom stereocenters. The molecule has 1 amide bonds. The summed E-state index contributed by atoms with van der Waals surface area (Å²) < 4.78 is 12.6. The van der Waals surface area contributed by atoms with E-state index in [1.54, 1.807) is 13.3 Å². The Morgan fingerprint density at radius 1 is 1.07 bits per heavy atom. The molecule has 0 saturated carbocycles. The van der Waals surface area contributed by atoms with Crippen molar-refractivity contribution in [2.75, 3.05) is 19.0 Å². The molecule has 140 valence electrons. The molecule has 0 radical (unpaired) electrons. The molecule has 0 unspecified atom stereocenters. The minimum absolute atomic E-state index is 0.0266. The van der Waals surface area contributed by atoms with Crippen LogP contribution in [0.4, 0.5) is 5.69 Å². The van der Waals surface area contributed by atoms with Crippen molar-refractivity contribution in [3.05, 3.63) is 72.6 Å². The lowest BCUT2D eigenvalue weighted by Gasteiger charge is -2.11. The zero-order chi connectivity index (χ0) is 18.9. The Morgan fingerprint density at radius 3 is 2.59 bits per heavy atom. The third kappa shape index (κ3) is 5.60. The van der Waals surface area contributed by atoms with Gasteiger partial charge in [0.1, 0.15) is 11.5 Å². The fourth-order valence-electron chi connectivity index (χ4n) is 2.66. The number of amides is 1. The van der Waals surface area contributed by atoms with E-state index in [1.807, 2.05) is 65.5 Å². The van der Waals surface area contributed by atoms with E-state index in [0.29, 0.717) is 26.0 Å². The molecule has 0 bridgehead atoms. The van der Waals surface area contributed by atoms with E-state index in [1.165, 1.54) is 0 Å². The van der Waals surface area contributed by atoms with Gasteiger partial charge in [0.15, 0.2) is 0 Å². The van der Waals surface area contributed by atoms with Crippen LogP contribution in [-0.4, -0.2) is 29.4 Å². The molecule has 3 aromatic rings. The Labute approximate surface area is 158 Å². The number of hydrogen-bond donors (Lipinski definition) is 1. The van der Waals surface area contributed by atoms with E-state index < -0.39 is 0 Å². The second kappa shape index (κ2) is 9.43. The number of nitrogens with one attached hydrogen (secondary N) is 1. The molecule has 27 heavy (non-hydrogen) atoms. The summed E-state index contributed by atoms with van der Waals surface area (Å²) in [6.07, 6.45) is 4.67. The number of rotatable bonds is 9. The van der Waals surface area contributed by atoms with E-state index in [2.05, 4.69) is 10.4 Å². The largest absolute Gasteiger partial charge is 0.497 e. The number of nitrogens with zero attached hydrogens (tertiary/aromatic N) is 2. The first-order valence-electron chi connectivity index (χ1n) is 8.86. The number of carbonyl (C=O) groups excluding carboxylic acids is 1. The molecular weight excluding hydrogens is 342 g/mol. The van der Waals surface area contributed by atoms with Crippen molar-refractivity contribution in [1.82, 2.24) is 9.78 Å². The third-order valence-corrected chi connectivity index (χ3v) is 4.06. The molecule has 0 aliphatic carbocycles. The van der Waals surface area contributed by atoms with Gasteiger partial charge in [-0.15, -0.1) is 0 Å². The molecule has 1 heterocycles. The number of para-hydroxylation sites is 1. The maximum Gasteiger partial charge on any atom is 0.224 e. The van der Waals surface area contributed by atoms with Crippen LogP contribution in [0.25, 0.3) is 0 Å². The summed E-state index contributed by atoms with van der Waals surface area (Å²) in [6, 6.07) is 17.0. The van der Waals surface area contributed by atoms with E-state index in [4.69, 9.17) is 9.47 Å². The summed E-state index contributed by atoms with van der Waals surface area (Å²) in [4.78, 5) is 12.3. The fourth-order valence-corrected chi connectivity index (χ4v) is 2.66. The predicted molar refractivity (Wildman–Crippen MR) is 104 cm³/mol. The van der Waals surface area contributed by atoms with E-state index >= 15 is 0 Å². The molecule has 6 nitrogen and oxygen atoms in total. The number of methoxy groups -OCH3 is 1. The van der Waals surface area contributed by atoms with Crippen molar-refractivity contribution in [1.29, 1.82) is 0 Å². The molecule has 3 rings (SSSR count). The van der Waals surface area contributed by atoms with Crippen LogP contribution in [0.3, 0.4) is 0 Å². The van der Waals surface area contributed by atoms with Crippen LogP contribution in [0, 0.1) is 0 Å². The van der Waals surface area contributed by atoms with E-state index in [0.717, 1.165) is 22.7 Å². The topological polar surface area (TPSA) is 65.4 Å². The van der Waals surface area contributed by atoms with Crippen molar-refractivity contribution in [3.63, 3.8) is 0 Å². The number of hydrogen-bond acceptors (Lipinski definition) is 4. The molecule has 6 heteroatoms. The van der Waals surface area contributed by atoms with Gasteiger partial charge in [-0.25, -0.2) is 0 Å². The average Bonchev–Trinajstić information content (AvgIpc) is 3.20. The lowest BCUT2D eigenvalue weighted by atomic mass is 10.1. The lowest BCUT2D eigenvalue weighted by Crippen LogP contribution is -2.15. The van der Waals surface area contributed by atoms with Gasteiger partial charge in [0, 0.05) is 24.5 Å². The van der Waals surface area contributed by atoms with Gasteiger partial charge in [-0.1, -0.05) is 18.2 Å². The Hall–Kier alpha value is -3.28. The highest BCUT2D eigenvalue weighted by molar-refractivity contribution is 5.91. The van der Waals surface area contributed by atoms with Gasteiger partial charge >= 0.3 is 0 Å². The number of aromatic nitrogens is 2. The van der Waals surface area contributed by atoms with Gasteiger partial charge in [0.2, 0.25) is 5.91 Å². The van der Waals surface area contributed by atoms with Gasteiger partial charge < -0.3 is 14.8 Å². The summed E-state index contributed by atoms with van der Waals surface area (Å²) in [5.74, 6) is 1.53. The van der Waals surface area contributed by atoms with Crippen LogP contribution < -0.4 is 14.8 Å². The second-order valence-corrected chi connectivity index (χ2v) is 6.04. The second-order valence-electron chi connectivity index (χ2n) is 6.04. The van der Waals surface area contributed by atoms with E-state index in [-0.39, 0.29) is 5.91 Å². The van der Waals surface area contributed by atoms with Gasteiger partial charge in [-0.05, 0) is 48.4 Å². The first-order valence-corrected chi connectivity index (χ1v) is 8.86. The molecular formula is C21H23N3O3. The Bertz CT molecular complexity index is 845. The zero-order valence-electron chi connectivity index (χ0n) is 15.3. The van der Waals surface area contributed by atoms with Crippen molar-refractivity contribution >= 4 is 11.6 Å². The first-order chi connectivity index (χ1) is 13.2. The quantitative estimate of drug-likeness (QED) is 0.587. The zero-order valence-corrected chi connectivity index (χ0v) is 15.3. The van der Waals surface area contributed by atoms with Crippen molar-refractivity contribution in [2.24, 2.45) is 0 Å². The Kier molecular flexibility index (Phi) is 6.46. The standard InChI is InChI=1S/C21H23N3O3/c1-26-18-9-11-19(12-10-18)27-15-4-8-21(25)23-20-7-3-2-6-17(20)16-24-14-5-13-22-24/h2-3,5-7,9-14H,4,8,15-16H2,1H3,(H,23,25). The summed E-state index contributed by atoms with van der Waals surface area (Å²) in [5, 5.41) is 7.20. The molecule has 2 aromatic carbocycles. The van der Waals surface area contributed by atoms with Gasteiger partial charge in [-0.3, -0.25) is 9.48 Å². The maximum absolute atomic E-state index is 12.3. The molecule has 1 N–H and O–H groups in total. The smallest absolute Gasteiger partial charge is 0.224 e. The van der Waals surface area contributed by atoms with Crippen LogP contribution in [0.1, 0.15) is 18.4 Å².